The van der Waals surface area contributed by atoms with Gasteiger partial charge in [-0.3, -0.25) is 0 Å². The van der Waals surface area contributed by atoms with Crippen molar-refractivity contribution in [2.75, 3.05) is 0 Å². The number of halogens is 1. The monoisotopic (exact) mass is 162 g/mol. The van der Waals surface area contributed by atoms with Crippen LogP contribution in [0.4, 0.5) is 4.39 Å². The lowest BCUT2D eigenvalue weighted by atomic mass is 10.6. The lowest BCUT2D eigenvalue weighted by Gasteiger charge is -1.91. The first kappa shape index (κ1) is 6.82. The van der Waals surface area contributed by atoms with E-state index in [0.29, 0.717) is 0 Å². The summed E-state index contributed by atoms with van der Waals surface area (Å²) in [5, 5.41) is 0.258. The van der Waals surface area contributed by atoms with Crippen molar-refractivity contribution in [1.29, 1.82) is 0 Å². The number of nitrogens with zero attached hydrogens (tertiary/aromatic N) is 2. The van der Waals surface area contributed by atoms with E-state index in [4.69, 9.17) is 0 Å². The van der Waals surface area contributed by atoms with Gasteiger partial charge in [0, 0.05) is 0 Å². The molecule has 9 heavy (non-hydrogen) atoms. The van der Waals surface area contributed by atoms with Gasteiger partial charge in [0.25, 0.3) is 0 Å². The van der Waals surface area contributed by atoms with Crippen LogP contribution in [0.2, 0.25) is 0 Å². The van der Waals surface area contributed by atoms with Crippen molar-refractivity contribution in [3.05, 3.63) is 18.3 Å². The molecule has 0 aromatic carbocycles. The molecule has 1 rings (SSSR count). The molecule has 0 saturated carbocycles. The van der Waals surface area contributed by atoms with Crippen LogP contribution >= 0.6 is 22.5 Å². The van der Waals surface area contributed by atoms with E-state index in [-0.39, 0.29) is 5.03 Å². The van der Waals surface area contributed by atoms with Gasteiger partial charge in [-0.05, 0) is 10.8 Å². The Labute approximate surface area is 60.7 Å². The van der Waals surface area contributed by atoms with E-state index in [1.54, 1.807) is 0 Å². The van der Waals surface area contributed by atoms with Gasteiger partial charge in [0.15, 0.2) is 5.82 Å². The second kappa shape index (κ2) is 3.03. The fourth-order valence-corrected chi connectivity index (χ4v) is 1.01. The summed E-state index contributed by atoms with van der Waals surface area (Å²) in [4.78, 5) is 7.06. The predicted octanol–water partition coefficient (Wildman–Crippen LogP) is 1.55. The Bertz CT molecular complexity index is 206. The van der Waals surface area contributed by atoms with Gasteiger partial charge in [0.2, 0.25) is 0 Å². The second-order valence-corrected chi connectivity index (χ2v) is 2.38. The zero-order valence-electron chi connectivity index (χ0n) is 4.28. The van der Waals surface area contributed by atoms with Gasteiger partial charge in [-0.25, -0.2) is 14.4 Å². The Balaban J connectivity index is 3.01. The van der Waals surface area contributed by atoms with Crippen LogP contribution in [0.25, 0.3) is 0 Å². The van der Waals surface area contributed by atoms with E-state index < -0.39 is 5.82 Å². The molecule has 0 saturated heterocycles. The number of thiol groups is 1. The van der Waals surface area contributed by atoms with Gasteiger partial charge in [0.05, 0.1) is 6.20 Å². The van der Waals surface area contributed by atoms with E-state index in [1.807, 2.05) is 0 Å². The molecule has 0 fully saturated rings. The summed E-state index contributed by atoms with van der Waals surface area (Å²) < 4.78 is 12.4. The van der Waals surface area contributed by atoms with Crippen LogP contribution in [0.1, 0.15) is 0 Å². The second-order valence-electron chi connectivity index (χ2n) is 1.27. The first-order chi connectivity index (χ1) is 4.34. The Morgan fingerprint density at radius 3 is 2.89 bits per heavy atom. The van der Waals surface area contributed by atoms with Crippen LogP contribution in [-0.2, 0) is 0 Å². The SMILES string of the molecule is Fc1cncnc1SS. The maximum Gasteiger partial charge on any atom is 0.174 e. The molecule has 0 amide bonds. The first-order valence-corrected chi connectivity index (χ1v) is 3.98. The normalized spacial score (nSPS) is 9.56. The van der Waals surface area contributed by atoms with Crippen LogP contribution in [-0.4, -0.2) is 9.97 Å². The summed E-state index contributed by atoms with van der Waals surface area (Å²) in [5.74, 6) is -0.433. The van der Waals surface area contributed by atoms with Gasteiger partial charge in [-0.2, -0.15) is 0 Å². The third kappa shape index (κ3) is 1.56. The maximum atomic E-state index is 12.4. The zero-order valence-corrected chi connectivity index (χ0v) is 5.99. The molecule has 0 spiro atoms. The maximum absolute atomic E-state index is 12.4. The molecule has 0 unspecified atom stereocenters. The molecule has 0 N–H and O–H groups in total. The fourth-order valence-electron chi connectivity index (χ4n) is 0.369. The molecule has 0 aliphatic carbocycles. The van der Waals surface area contributed by atoms with Gasteiger partial charge < -0.3 is 0 Å². The van der Waals surface area contributed by atoms with Crippen LogP contribution in [0.15, 0.2) is 17.6 Å². The average Bonchev–Trinajstić information content (AvgIpc) is 1.89. The number of aromatic nitrogens is 2. The lowest BCUT2D eigenvalue weighted by Crippen LogP contribution is -1.84. The molecule has 0 atom stereocenters. The molecule has 0 aliphatic heterocycles. The molecule has 5 heteroatoms. The van der Waals surface area contributed by atoms with Crippen molar-refractivity contribution in [2.24, 2.45) is 0 Å². The molecule has 1 aromatic rings. The van der Waals surface area contributed by atoms with Gasteiger partial charge in [-0.1, -0.05) is 0 Å². The Morgan fingerprint density at radius 1 is 1.67 bits per heavy atom. The molecule has 0 radical (unpaired) electrons. The Hall–Kier alpha value is -0.290. The van der Waals surface area contributed by atoms with E-state index in [9.17, 15) is 4.39 Å². The molecular formula is C4H3FN2S2. The number of rotatable bonds is 1. The quantitative estimate of drug-likeness (QED) is 0.385. The van der Waals surface area contributed by atoms with Crippen LogP contribution in [0.3, 0.4) is 0 Å². The van der Waals surface area contributed by atoms with Crippen molar-refractivity contribution < 1.29 is 4.39 Å². The molecule has 48 valence electrons. The lowest BCUT2D eigenvalue weighted by molar-refractivity contribution is 0.579. The summed E-state index contributed by atoms with van der Waals surface area (Å²) in [6.07, 6.45) is 2.38. The zero-order chi connectivity index (χ0) is 6.69. The largest absolute Gasteiger partial charge is 0.242 e. The first-order valence-electron chi connectivity index (χ1n) is 2.11. The fraction of sp³-hybridized carbons (Fsp3) is 0. The molecule has 1 heterocycles. The van der Waals surface area contributed by atoms with Gasteiger partial charge in [-0.15, -0.1) is 11.7 Å². The highest BCUT2D eigenvalue weighted by molar-refractivity contribution is 8.68. The summed E-state index contributed by atoms with van der Waals surface area (Å²) in [7, 11) is 0.964. The van der Waals surface area contributed by atoms with Gasteiger partial charge in [0.1, 0.15) is 11.4 Å². The standard InChI is InChI=1S/C4H3FN2S2/c5-3-1-6-2-7-4(3)9-8/h1-2,8H. The molecule has 0 bridgehead atoms. The van der Waals surface area contributed by atoms with Crippen LogP contribution in [0.5, 0.6) is 0 Å². The Kier molecular flexibility index (Phi) is 2.29. The van der Waals surface area contributed by atoms with Crippen molar-refractivity contribution >= 4 is 22.5 Å². The molecule has 2 nitrogen and oxygen atoms in total. The highest BCUT2D eigenvalue weighted by Crippen LogP contribution is 2.19. The van der Waals surface area contributed by atoms with Crippen molar-refractivity contribution in [3.63, 3.8) is 0 Å². The van der Waals surface area contributed by atoms with E-state index >= 15 is 0 Å². The number of hydrogen-bond acceptors (Lipinski definition) is 4. The van der Waals surface area contributed by atoms with E-state index in [0.717, 1.165) is 17.0 Å². The summed E-state index contributed by atoms with van der Waals surface area (Å²) >= 11 is 3.77. The van der Waals surface area contributed by atoms with Gasteiger partial charge >= 0.3 is 0 Å². The topological polar surface area (TPSA) is 25.8 Å². The summed E-state index contributed by atoms with van der Waals surface area (Å²) in [6.45, 7) is 0. The van der Waals surface area contributed by atoms with Crippen molar-refractivity contribution in [3.8, 4) is 0 Å². The minimum atomic E-state index is -0.433. The Morgan fingerprint density at radius 2 is 2.44 bits per heavy atom. The highest BCUT2D eigenvalue weighted by Gasteiger charge is 1.98. The third-order valence-corrected chi connectivity index (χ3v) is 1.71. The molecule has 0 aliphatic rings. The number of hydrogen-bond donors (Lipinski definition) is 1. The molecular weight excluding hydrogens is 159 g/mol. The minimum absolute atomic E-state index is 0.258. The summed E-state index contributed by atoms with van der Waals surface area (Å²) in [6, 6.07) is 0. The van der Waals surface area contributed by atoms with E-state index in [1.165, 1.54) is 6.33 Å². The minimum Gasteiger partial charge on any atom is -0.242 e. The summed E-state index contributed by atoms with van der Waals surface area (Å²) in [5.41, 5.74) is 0. The van der Waals surface area contributed by atoms with Crippen LogP contribution in [0, 0.1) is 5.82 Å². The highest BCUT2D eigenvalue weighted by atomic mass is 33.1. The smallest absolute Gasteiger partial charge is 0.174 e. The predicted molar refractivity (Wildman–Crippen MR) is 36.8 cm³/mol. The van der Waals surface area contributed by atoms with Crippen molar-refractivity contribution in [1.82, 2.24) is 9.97 Å². The van der Waals surface area contributed by atoms with E-state index in [2.05, 4.69) is 21.6 Å². The average molecular weight is 162 g/mol. The molecule has 1 aromatic heterocycles. The van der Waals surface area contributed by atoms with Crippen LogP contribution < -0.4 is 0 Å². The van der Waals surface area contributed by atoms with Crippen molar-refractivity contribution in [2.45, 2.75) is 5.03 Å². The third-order valence-electron chi connectivity index (χ3n) is 0.720.